The number of methoxy groups -OCH3 is 1. The third-order valence-corrected chi connectivity index (χ3v) is 5.01. The monoisotopic (exact) mass is 417 g/mol. The van der Waals surface area contributed by atoms with Crippen LogP contribution >= 0.6 is 34.8 Å². The summed E-state index contributed by atoms with van der Waals surface area (Å²) in [5, 5.41) is 14.0. The number of hydrogen-bond donors (Lipinski definition) is 2. The van der Waals surface area contributed by atoms with Gasteiger partial charge < -0.3 is 19.9 Å². The quantitative estimate of drug-likeness (QED) is 0.595. The standard InChI is InChI=1S/C19H22Cl3NO3/c1-3-13(10-24)23-9-12-7-17(22)19(18(8-12)25-2)26-11-14-15(20)5-4-6-16(14)21/h4-8,13,23-24H,3,9-11H2,1-2H3/t13-/m0/s1. The number of aliphatic hydroxyl groups excluding tert-OH is 1. The van der Waals surface area contributed by atoms with Gasteiger partial charge in [-0.25, -0.2) is 0 Å². The minimum Gasteiger partial charge on any atom is -0.493 e. The summed E-state index contributed by atoms with van der Waals surface area (Å²) >= 11 is 18.7. The van der Waals surface area contributed by atoms with E-state index < -0.39 is 0 Å². The second-order valence-electron chi connectivity index (χ2n) is 5.77. The highest BCUT2D eigenvalue weighted by atomic mass is 35.5. The van der Waals surface area contributed by atoms with Crippen molar-refractivity contribution in [2.75, 3.05) is 13.7 Å². The number of nitrogens with one attached hydrogen (secondary N) is 1. The van der Waals surface area contributed by atoms with E-state index in [0.29, 0.717) is 38.7 Å². The Balaban J connectivity index is 2.16. The number of halogens is 3. The van der Waals surface area contributed by atoms with Crippen LogP contribution in [0.1, 0.15) is 24.5 Å². The molecule has 1 atom stereocenters. The van der Waals surface area contributed by atoms with Crippen molar-refractivity contribution in [3.8, 4) is 11.5 Å². The molecule has 0 spiro atoms. The van der Waals surface area contributed by atoms with Gasteiger partial charge in [-0.3, -0.25) is 0 Å². The predicted molar refractivity (Wildman–Crippen MR) is 107 cm³/mol. The fraction of sp³-hybridized carbons (Fsp3) is 0.368. The fourth-order valence-corrected chi connectivity index (χ4v) is 3.22. The van der Waals surface area contributed by atoms with Gasteiger partial charge in [0.05, 0.1) is 18.7 Å². The Morgan fingerprint density at radius 2 is 1.81 bits per heavy atom. The van der Waals surface area contributed by atoms with Crippen molar-refractivity contribution >= 4 is 34.8 Å². The van der Waals surface area contributed by atoms with Gasteiger partial charge in [-0.05, 0) is 36.2 Å². The van der Waals surface area contributed by atoms with E-state index in [4.69, 9.17) is 44.3 Å². The van der Waals surface area contributed by atoms with Crippen molar-refractivity contribution < 1.29 is 14.6 Å². The average Bonchev–Trinajstić information content (AvgIpc) is 2.63. The molecule has 0 heterocycles. The second-order valence-corrected chi connectivity index (χ2v) is 6.99. The fourth-order valence-electron chi connectivity index (χ4n) is 2.43. The highest BCUT2D eigenvalue weighted by molar-refractivity contribution is 6.36. The maximum atomic E-state index is 9.27. The molecule has 2 aromatic rings. The maximum absolute atomic E-state index is 9.27. The van der Waals surface area contributed by atoms with Crippen molar-refractivity contribution in [3.63, 3.8) is 0 Å². The van der Waals surface area contributed by atoms with Gasteiger partial charge in [0, 0.05) is 28.2 Å². The molecule has 142 valence electrons. The van der Waals surface area contributed by atoms with Crippen molar-refractivity contribution in [2.24, 2.45) is 0 Å². The molecule has 2 rings (SSSR count). The zero-order valence-electron chi connectivity index (χ0n) is 14.7. The van der Waals surface area contributed by atoms with Crippen molar-refractivity contribution in [3.05, 3.63) is 56.5 Å². The van der Waals surface area contributed by atoms with Gasteiger partial charge in [0.2, 0.25) is 0 Å². The van der Waals surface area contributed by atoms with Gasteiger partial charge in [0.15, 0.2) is 11.5 Å². The van der Waals surface area contributed by atoms with Gasteiger partial charge >= 0.3 is 0 Å². The molecule has 0 unspecified atom stereocenters. The lowest BCUT2D eigenvalue weighted by molar-refractivity contribution is 0.238. The summed E-state index contributed by atoms with van der Waals surface area (Å²) in [7, 11) is 1.56. The minimum absolute atomic E-state index is 0.0399. The van der Waals surface area contributed by atoms with E-state index in [1.54, 1.807) is 25.3 Å². The van der Waals surface area contributed by atoms with Crippen LogP contribution in [0.3, 0.4) is 0 Å². The predicted octanol–water partition coefficient (Wildman–Crippen LogP) is 5.09. The molecule has 0 saturated carbocycles. The van der Waals surface area contributed by atoms with Gasteiger partial charge in [-0.1, -0.05) is 47.8 Å². The first kappa shape index (κ1) is 21.1. The van der Waals surface area contributed by atoms with Gasteiger partial charge in [-0.15, -0.1) is 0 Å². The van der Waals surface area contributed by atoms with Crippen LogP contribution in [0.15, 0.2) is 30.3 Å². The first-order valence-corrected chi connectivity index (χ1v) is 9.39. The van der Waals surface area contributed by atoms with E-state index >= 15 is 0 Å². The normalized spacial score (nSPS) is 12.1. The van der Waals surface area contributed by atoms with Crippen molar-refractivity contribution in [1.29, 1.82) is 0 Å². The van der Waals surface area contributed by atoms with Crippen LogP contribution in [0.4, 0.5) is 0 Å². The Labute approximate surface area is 169 Å². The lowest BCUT2D eigenvalue weighted by Crippen LogP contribution is -2.31. The topological polar surface area (TPSA) is 50.7 Å². The van der Waals surface area contributed by atoms with Crippen molar-refractivity contribution in [2.45, 2.75) is 32.5 Å². The first-order chi connectivity index (χ1) is 12.5. The Kier molecular flexibility index (Phi) is 8.32. The van der Waals surface area contributed by atoms with E-state index in [1.165, 1.54) is 0 Å². The summed E-state index contributed by atoms with van der Waals surface area (Å²) in [4.78, 5) is 0. The molecule has 4 nitrogen and oxygen atoms in total. The van der Waals surface area contributed by atoms with Crippen LogP contribution in [-0.4, -0.2) is 24.9 Å². The lowest BCUT2D eigenvalue weighted by atomic mass is 10.1. The van der Waals surface area contributed by atoms with Crippen LogP contribution in [-0.2, 0) is 13.2 Å². The third-order valence-electron chi connectivity index (χ3n) is 4.02. The van der Waals surface area contributed by atoms with Crippen LogP contribution < -0.4 is 14.8 Å². The summed E-state index contributed by atoms with van der Waals surface area (Å²) in [5.41, 5.74) is 1.62. The lowest BCUT2D eigenvalue weighted by Gasteiger charge is -2.17. The second kappa shape index (κ2) is 10.2. The van der Waals surface area contributed by atoms with E-state index in [0.717, 1.165) is 12.0 Å². The number of benzene rings is 2. The van der Waals surface area contributed by atoms with Gasteiger partial charge in [0.25, 0.3) is 0 Å². The Hall–Kier alpha value is -1.17. The smallest absolute Gasteiger partial charge is 0.180 e. The number of hydrogen-bond acceptors (Lipinski definition) is 4. The first-order valence-electron chi connectivity index (χ1n) is 8.26. The molecule has 7 heteroatoms. The van der Waals surface area contributed by atoms with Crippen LogP contribution in [0.2, 0.25) is 15.1 Å². The van der Waals surface area contributed by atoms with Crippen LogP contribution in [0, 0.1) is 0 Å². The molecule has 0 saturated heterocycles. The Bertz CT molecular complexity index is 716. The number of rotatable bonds is 9. The Morgan fingerprint density at radius 1 is 1.12 bits per heavy atom. The highest BCUT2D eigenvalue weighted by Crippen LogP contribution is 2.38. The zero-order chi connectivity index (χ0) is 19.1. The number of aliphatic hydroxyl groups is 1. The minimum atomic E-state index is 0.0399. The zero-order valence-corrected chi connectivity index (χ0v) is 17.0. The van der Waals surface area contributed by atoms with Crippen molar-refractivity contribution in [1.82, 2.24) is 5.32 Å². The molecule has 0 radical (unpaired) electrons. The van der Waals surface area contributed by atoms with E-state index in [-0.39, 0.29) is 19.3 Å². The van der Waals surface area contributed by atoms with Crippen LogP contribution in [0.25, 0.3) is 0 Å². The summed E-state index contributed by atoms with van der Waals surface area (Å²) in [6.45, 7) is 2.83. The third kappa shape index (κ3) is 5.41. The number of ether oxygens (including phenoxy) is 2. The molecular weight excluding hydrogens is 397 g/mol. The highest BCUT2D eigenvalue weighted by Gasteiger charge is 2.15. The Morgan fingerprint density at radius 3 is 2.38 bits per heavy atom. The van der Waals surface area contributed by atoms with Crippen LogP contribution in [0.5, 0.6) is 11.5 Å². The summed E-state index contributed by atoms with van der Waals surface area (Å²) in [6.07, 6.45) is 0.834. The van der Waals surface area contributed by atoms with E-state index in [9.17, 15) is 5.11 Å². The largest absolute Gasteiger partial charge is 0.493 e. The molecule has 0 amide bonds. The molecule has 0 aromatic heterocycles. The molecule has 0 aliphatic rings. The molecule has 0 fully saturated rings. The van der Waals surface area contributed by atoms with Gasteiger partial charge in [0.1, 0.15) is 6.61 Å². The van der Waals surface area contributed by atoms with Gasteiger partial charge in [-0.2, -0.15) is 0 Å². The maximum Gasteiger partial charge on any atom is 0.180 e. The summed E-state index contributed by atoms with van der Waals surface area (Å²) in [5.74, 6) is 0.956. The molecule has 2 N–H and O–H groups in total. The molecule has 0 bridgehead atoms. The van der Waals surface area contributed by atoms with E-state index in [1.807, 2.05) is 19.1 Å². The summed E-state index contributed by atoms with van der Waals surface area (Å²) < 4.78 is 11.3. The molecule has 26 heavy (non-hydrogen) atoms. The summed E-state index contributed by atoms with van der Waals surface area (Å²) in [6, 6.07) is 8.99. The molecular formula is C19H22Cl3NO3. The van der Waals surface area contributed by atoms with E-state index in [2.05, 4.69) is 5.32 Å². The average molecular weight is 419 g/mol. The molecule has 0 aliphatic carbocycles. The molecule has 0 aliphatic heterocycles. The SMILES string of the molecule is CC[C@@H](CO)NCc1cc(Cl)c(OCc2c(Cl)cccc2Cl)c(OC)c1. The molecule has 2 aromatic carbocycles.